The van der Waals surface area contributed by atoms with Crippen molar-refractivity contribution >= 4 is 5.82 Å². The SMILES string of the molecule is CC(C)NCc1cc(C(C)C)nc(N2CC=CCC2)c1. The van der Waals surface area contributed by atoms with Crippen molar-refractivity contribution in [3.8, 4) is 0 Å². The van der Waals surface area contributed by atoms with Gasteiger partial charge in [0.05, 0.1) is 0 Å². The molecule has 1 N–H and O–H groups in total. The van der Waals surface area contributed by atoms with Crippen LogP contribution in [0.1, 0.15) is 51.3 Å². The maximum absolute atomic E-state index is 4.85. The quantitative estimate of drug-likeness (QED) is 0.833. The van der Waals surface area contributed by atoms with Crippen molar-refractivity contribution in [3.05, 3.63) is 35.5 Å². The van der Waals surface area contributed by atoms with Crippen LogP contribution in [-0.4, -0.2) is 24.1 Å². The maximum Gasteiger partial charge on any atom is 0.129 e. The highest BCUT2D eigenvalue weighted by Crippen LogP contribution is 2.21. The third-order valence-corrected chi connectivity index (χ3v) is 3.58. The largest absolute Gasteiger partial charge is 0.353 e. The molecule has 0 atom stereocenters. The van der Waals surface area contributed by atoms with Crippen LogP contribution in [0.4, 0.5) is 5.82 Å². The van der Waals surface area contributed by atoms with Gasteiger partial charge in [0.15, 0.2) is 0 Å². The van der Waals surface area contributed by atoms with E-state index in [1.165, 1.54) is 11.3 Å². The van der Waals surface area contributed by atoms with E-state index in [2.05, 4.69) is 62.2 Å². The second-order valence-electron chi connectivity index (χ2n) is 6.15. The highest BCUT2D eigenvalue weighted by Gasteiger charge is 2.13. The summed E-state index contributed by atoms with van der Waals surface area (Å²) in [4.78, 5) is 7.21. The van der Waals surface area contributed by atoms with Gasteiger partial charge in [0, 0.05) is 31.4 Å². The number of pyridine rings is 1. The third-order valence-electron chi connectivity index (χ3n) is 3.58. The summed E-state index contributed by atoms with van der Waals surface area (Å²) in [7, 11) is 0. The number of hydrogen-bond donors (Lipinski definition) is 1. The Morgan fingerprint density at radius 1 is 1.20 bits per heavy atom. The summed E-state index contributed by atoms with van der Waals surface area (Å²) in [6, 6.07) is 4.98. The van der Waals surface area contributed by atoms with Crippen LogP contribution in [0.2, 0.25) is 0 Å². The molecule has 0 saturated heterocycles. The first-order valence-corrected chi connectivity index (χ1v) is 7.70. The summed E-state index contributed by atoms with van der Waals surface area (Å²) < 4.78 is 0. The first-order valence-electron chi connectivity index (χ1n) is 7.70. The zero-order chi connectivity index (χ0) is 14.5. The van der Waals surface area contributed by atoms with Gasteiger partial charge in [-0.1, -0.05) is 39.8 Å². The predicted octanol–water partition coefficient (Wildman–Crippen LogP) is 3.47. The molecule has 1 aromatic rings. The van der Waals surface area contributed by atoms with Crippen molar-refractivity contribution in [1.82, 2.24) is 10.3 Å². The molecule has 0 saturated carbocycles. The van der Waals surface area contributed by atoms with Crippen LogP contribution >= 0.6 is 0 Å². The number of hydrogen-bond acceptors (Lipinski definition) is 3. The van der Waals surface area contributed by atoms with Crippen molar-refractivity contribution in [2.24, 2.45) is 0 Å². The molecule has 0 aliphatic carbocycles. The number of nitrogens with zero attached hydrogens (tertiary/aromatic N) is 2. The lowest BCUT2D eigenvalue weighted by Gasteiger charge is -2.26. The molecule has 0 fully saturated rings. The smallest absolute Gasteiger partial charge is 0.129 e. The molecular formula is C17H27N3. The lowest BCUT2D eigenvalue weighted by atomic mass is 10.1. The highest BCUT2D eigenvalue weighted by atomic mass is 15.2. The van der Waals surface area contributed by atoms with Crippen LogP contribution in [0, 0.1) is 0 Å². The van der Waals surface area contributed by atoms with Gasteiger partial charge >= 0.3 is 0 Å². The monoisotopic (exact) mass is 273 g/mol. The standard InChI is InChI=1S/C17H27N3/c1-13(2)16-10-15(12-18-14(3)4)11-17(19-16)20-8-6-5-7-9-20/h5-6,10-11,13-14,18H,7-9,12H2,1-4H3. The lowest BCUT2D eigenvalue weighted by molar-refractivity contribution is 0.587. The molecule has 1 aromatic heterocycles. The third kappa shape index (κ3) is 4.07. The minimum atomic E-state index is 0.466. The maximum atomic E-state index is 4.85. The second-order valence-corrected chi connectivity index (χ2v) is 6.15. The van der Waals surface area contributed by atoms with Crippen molar-refractivity contribution in [1.29, 1.82) is 0 Å². The fourth-order valence-corrected chi connectivity index (χ4v) is 2.33. The molecule has 3 heteroatoms. The van der Waals surface area contributed by atoms with Gasteiger partial charge in [-0.25, -0.2) is 4.98 Å². The van der Waals surface area contributed by atoms with Gasteiger partial charge in [0.2, 0.25) is 0 Å². The van der Waals surface area contributed by atoms with E-state index in [1.54, 1.807) is 0 Å². The van der Waals surface area contributed by atoms with Gasteiger partial charge in [-0.05, 0) is 30.0 Å². The van der Waals surface area contributed by atoms with Gasteiger partial charge in [0.25, 0.3) is 0 Å². The van der Waals surface area contributed by atoms with Crippen molar-refractivity contribution in [2.45, 2.75) is 52.6 Å². The summed E-state index contributed by atoms with van der Waals surface area (Å²) >= 11 is 0. The molecule has 110 valence electrons. The van der Waals surface area contributed by atoms with Crippen molar-refractivity contribution in [2.75, 3.05) is 18.0 Å². The Morgan fingerprint density at radius 3 is 2.60 bits per heavy atom. The molecule has 0 amide bonds. The minimum Gasteiger partial charge on any atom is -0.353 e. The molecule has 0 unspecified atom stereocenters. The normalized spacial score (nSPS) is 15.4. The predicted molar refractivity (Wildman–Crippen MR) is 86.3 cm³/mol. The van der Waals surface area contributed by atoms with Crippen LogP contribution in [-0.2, 0) is 6.54 Å². The average molecular weight is 273 g/mol. The Balaban J connectivity index is 2.23. The first-order chi connectivity index (χ1) is 9.56. The highest BCUT2D eigenvalue weighted by molar-refractivity contribution is 5.44. The van der Waals surface area contributed by atoms with Crippen LogP contribution < -0.4 is 10.2 Å². The van der Waals surface area contributed by atoms with Gasteiger partial charge in [-0.3, -0.25) is 0 Å². The summed E-state index contributed by atoms with van der Waals surface area (Å²) in [5.41, 5.74) is 2.53. The summed E-state index contributed by atoms with van der Waals surface area (Å²) in [5.74, 6) is 1.59. The van der Waals surface area contributed by atoms with Gasteiger partial charge in [-0.15, -0.1) is 0 Å². The number of anilines is 1. The fourth-order valence-electron chi connectivity index (χ4n) is 2.33. The van der Waals surface area contributed by atoms with Crippen LogP contribution in [0.25, 0.3) is 0 Å². The number of rotatable bonds is 5. The van der Waals surface area contributed by atoms with Gasteiger partial charge in [-0.2, -0.15) is 0 Å². The topological polar surface area (TPSA) is 28.2 Å². The summed E-state index contributed by atoms with van der Waals surface area (Å²) in [5, 5.41) is 3.50. The van der Waals surface area contributed by atoms with E-state index in [-0.39, 0.29) is 0 Å². The van der Waals surface area contributed by atoms with E-state index in [9.17, 15) is 0 Å². The molecular weight excluding hydrogens is 246 g/mol. The minimum absolute atomic E-state index is 0.466. The zero-order valence-electron chi connectivity index (χ0n) is 13.2. The Morgan fingerprint density at radius 2 is 2.00 bits per heavy atom. The molecule has 3 nitrogen and oxygen atoms in total. The molecule has 2 heterocycles. The number of aromatic nitrogens is 1. The van der Waals surface area contributed by atoms with E-state index < -0.39 is 0 Å². The molecule has 20 heavy (non-hydrogen) atoms. The fraction of sp³-hybridized carbons (Fsp3) is 0.588. The van der Waals surface area contributed by atoms with Crippen molar-refractivity contribution in [3.63, 3.8) is 0 Å². The van der Waals surface area contributed by atoms with Gasteiger partial charge in [0.1, 0.15) is 5.82 Å². The molecule has 0 radical (unpaired) electrons. The van der Waals surface area contributed by atoms with Crippen LogP contribution in [0.5, 0.6) is 0 Å². The number of nitrogens with one attached hydrogen (secondary N) is 1. The molecule has 0 aromatic carbocycles. The summed E-state index contributed by atoms with van der Waals surface area (Å²) in [6.45, 7) is 11.7. The molecule has 0 bridgehead atoms. The van der Waals surface area contributed by atoms with E-state index in [4.69, 9.17) is 4.98 Å². The van der Waals surface area contributed by atoms with E-state index in [0.717, 1.165) is 31.9 Å². The van der Waals surface area contributed by atoms with Gasteiger partial charge < -0.3 is 10.2 Å². The van der Waals surface area contributed by atoms with Crippen LogP contribution in [0.3, 0.4) is 0 Å². The first kappa shape index (κ1) is 15.0. The Kier molecular flexibility index (Phi) is 5.18. The second kappa shape index (κ2) is 6.89. The van der Waals surface area contributed by atoms with E-state index in [1.807, 2.05) is 0 Å². The summed E-state index contributed by atoms with van der Waals surface area (Å²) in [6.07, 6.45) is 5.61. The van der Waals surface area contributed by atoms with Crippen molar-refractivity contribution < 1.29 is 0 Å². The molecule has 1 aliphatic rings. The van der Waals surface area contributed by atoms with Crippen LogP contribution in [0.15, 0.2) is 24.3 Å². The molecule has 2 rings (SSSR count). The molecule has 0 spiro atoms. The average Bonchev–Trinajstić information content (AvgIpc) is 2.45. The Bertz CT molecular complexity index is 463. The zero-order valence-corrected chi connectivity index (χ0v) is 13.2. The lowest BCUT2D eigenvalue weighted by Crippen LogP contribution is -2.28. The van der Waals surface area contributed by atoms with E-state index >= 15 is 0 Å². The molecule has 1 aliphatic heterocycles. The Labute approximate surface area is 123 Å². The van der Waals surface area contributed by atoms with E-state index in [0.29, 0.717) is 12.0 Å². The Hall–Kier alpha value is -1.35.